The van der Waals surface area contributed by atoms with Crippen LogP contribution in [0.15, 0.2) is 51.2 Å². The van der Waals surface area contributed by atoms with Crippen LogP contribution in [0.1, 0.15) is 32.9 Å². The monoisotopic (exact) mass is 428 g/mol. The number of nitrogens with zero attached hydrogens (tertiary/aromatic N) is 3. The Labute approximate surface area is 161 Å². The van der Waals surface area contributed by atoms with Gasteiger partial charge in [-0.05, 0) is 28.1 Å². The summed E-state index contributed by atoms with van der Waals surface area (Å²) in [5.41, 5.74) is 4.32. The number of imidazole rings is 1. The second-order valence-corrected chi connectivity index (χ2v) is 7.74. The fraction of sp³-hybridized carbons (Fsp3) is 0.167. The predicted octanol–water partition coefficient (Wildman–Crippen LogP) is 4.16. The van der Waals surface area contributed by atoms with Crippen LogP contribution in [-0.4, -0.2) is 32.3 Å². The number of furan rings is 1. The summed E-state index contributed by atoms with van der Waals surface area (Å²) in [6.45, 7) is 0.583. The quantitative estimate of drug-likeness (QED) is 0.519. The number of H-pyrrole nitrogens is 1. The summed E-state index contributed by atoms with van der Waals surface area (Å²) in [5, 5.41) is 0.982. The number of aromatic nitrogens is 3. The third-order valence-electron chi connectivity index (χ3n) is 4.64. The molecule has 0 bridgehead atoms. The molecule has 3 aromatic heterocycles. The van der Waals surface area contributed by atoms with Gasteiger partial charge in [0.2, 0.25) is 0 Å². The minimum absolute atomic E-state index is 0.0569. The molecule has 6 nitrogen and oxygen atoms in total. The number of nitrogens with one attached hydrogen (secondary N) is 1. The molecule has 1 atom stereocenters. The van der Waals surface area contributed by atoms with E-state index in [-0.39, 0.29) is 11.9 Å². The van der Waals surface area contributed by atoms with Crippen molar-refractivity contribution in [1.29, 1.82) is 0 Å². The van der Waals surface area contributed by atoms with E-state index in [4.69, 9.17) is 4.42 Å². The molecule has 0 fully saturated rings. The van der Waals surface area contributed by atoms with Crippen LogP contribution in [0.25, 0.3) is 11.0 Å². The van der Waals surface area contributed by atoms with Crippen LogP contribution in [0.2, 0.25) is 0 Å². The van der Waals surface area contributed by atoms with Gasteiger partial charge in [-0.25, -0.2) is 4.98 Å². The molecular weight excluding hydrogens is 416 g/mol. The van der Waals surface area contributed by atoms with Crippen molar-refractivity contribution in [2.75, 3.05) is 6.54 Å². The number of rotatable bonds is 2. The highest BCUT2D eigenvalue weighted by atomic mass is 79.9. The average Bonchev–Trinajstić information content (AvgIpc) is 3.41. The summed E-state index contributed by atoms with van der Waals surface area (Å²) < 4.78 is 7.01. The maximum Gasteiger partial charge on any atom is 0.266 e. The third-order valence-corrected chi connectivity index (χ3v) is 6.22. The lowest BCUT2D eigenvalue weighted by atomic mass is 10.00. The van der Waals surface area contributed by atoms with E-state index in [1.165, 1.54) is 11.3 Å². The molecule has 26 heavy (non-hydrogen) atoms. The highest BCUT2D eigenvalue weighted by Crippen LogP contribution is 2.42. The smallest absolute Gasteiger partial charge is 0.266 e. The number of thiazole rings is 1. The van der Waals surface area contributed by atoms with Crippen LogP contribution in [0.5, 0.6) is 0 Å². The molecule has 1 amide bonds. The van der Waals surface area contributed by atoms with E-state index in [1.54, 1.807) is 18.0 Å². The molecule has 1 aromatic carbocycles. The maximum atomic E-state index is 13.1. The number of carbonyl (C=O) groups is 1. The molecule has 5 rings (SSSR count). The number of amides is 1. The van der Waals surface area contributed by atoms with Gasteiger partial charge in [-0.2, -0.15) is 0 Å². The van der Waals surface area contributed by atoms with Crippen molar-refractivity contribution in [2.24, 2.45) is 0 Å². The van der Waals surface area contributed by atoms with Crippen LogP contribution in [0.4, 0.5) is 0 Å². The van der Waals surface area contributed by atoms with E-state index >= 15 is 0 Å². The average molecular weight is 429 g/mol. The molecule has 0 unspecified atom stereocenters. The fourth-order valence-electron chi connectivity index (χ4n) is 3.43. The number of benzene rings is 1. The fourth-order valence-corrected chi connectivity index (χ4v) is 4.63. The Hall–Kier alpha value is -2.45. The van der Waals surface area contributed by atoms with Crippen molar-refractivity contribution in [3.8, 4) is 0 Å². The standard InChI is InChI=1S/C18H13BrN4O2S/c19-14-10-3-1-2-4-12(10)25-17(14)16-15-11(21-8-22-15)5-6-23(16)18(24)13-7-20-9-26-13/h1-4,7-9,16H,5-6H2,(H,21,22)/t16-/m1/s1. The Kier molecular flexibility index (Phi) is 3.68. The van der Waals surface area contributed by atoms with Crippen molar-refractivity contribution in [1.82, 2.24) is 19.9 Å². The first-order chi connectivity index (χ1) is 12.7. The van der Waals surface area contributed by atoms with Gasteiger partial charge in [0, 0.05) is 24.0 Å². The van der Waals surface area contributed by atoms with Gasteiger partial charge in [0.15, 0.2) is 0 Å². The first kappa shape index (κ1) is 15.8. The van der Waals surface area contributed by atoms with Crippen LogP contribution in [0, 0.1) is 0 Å². The van der Waals surface area contributed by atoms with Crippen LogP contribution in [0.3, 0.4) is 0 Å². The van der Waals surface area contributed by atoms with Crippen molar-refractivity contribution < 1.29 is 9.21 Å². The second kappa shape index (κ2) is 6.07. The SMILES string of the molecule is O=C(c1cncs1)N1CCc2[nH]cnc2[C@@H]1c1oc2ccccc2c1Br. The lowest BCUT2D eigenvalue weighted by molar-refractivity contribution is 0.0677. The van der Waals surface area contributed by atoms with Crippen LogP contribution < -0.4 is 0 Å². The lowest BCUT2D eigenvalue weighted by Gasteiger charge is -2.33. The van der Waals surface area contributed by atoms with Gasteiger partial charge >= 0.3 is 0 Å². The molecule has 1 aliphatic rings. The van der Waals surface area contributed by atoms with Gasteiger partial charge in [0.05, 0.1) is 28.2 Å². The summed E-state index contributed by atoms with van der Waals surface area (Å²) >= 11 is 5.02. The Bertz CT molecular complexity index is 1100. The van der Waals surface area contributed by atoms with E-state index in [0.29, 0.717) is 17.2 Å². The number of hydrogen-bond acceptors (Lipinski definition) is 5. The third kappa shape index (κ3) is 2.33. The zero-order valence-corrected chi connectivity index (χ0v) is 15.9. The second-order valence-electron chi connectivity index (χ2n) is 6.06. The molecule has 0 saturated heterocycles. The summed E-state index contributed by atoms with van der Waals surface area (Å²) in [7, 11) is 0. The number of fused-ring (bicyclic) bond motifs is 2. The highest BCUT2D eigenvalue weighted by Gasteiger charge is 2.38. The Morgan fingerprint density at radius 3 is 3.08 bits per heavy atom. The van der Waals surface area contributed by atoms with Gasteiger partial charge in [-0.1, -0.05) is 12.1 Å². The number of halogens is 1. The van der Waals surface area contributed by atoms with E-state index in [9.17, 15) is 4.79 Å². The molecule has 130 valence electrons. The summed E-state index contributed by atoms with van der Waals surface area (Å²) in [6.07, 6.45) is 4.01. The molecule has 8 heteroatoms. The van der Waals surface area contributed by atoms with Crippen LogP contribution >= 0.6 is 27.3 Å². The largest absolute Gasteiger partial charge is 0.457 e. The molecule has 0 radical (unpaired) electrons. The Morgan fingerprint density at radius 2 is 2.27 bits per heavy atom. The summed E-state index contributed by atoms with van der Waals surface area (Å²) in [6, 6.07) is 7.43. The Balaban J connectivity index is 1.69. The van der Waals surface area contributed by atoms with Crippen molar-refractivity contribution in [2.45, 2.75) is 12.5 Å². The van der Waals surface area contributed by atoms with Gasteiger partial charge in [0.25, 0.3) is 5.91 Å². The van der Waals surface area contributed by atoms with Crippen LogP contribution in [-0.2, 0) is 6.42 Å². The number of hydrogen-bond donors (Lipinski definition) is 1. The molecule has 4 aromatic rings. The molecule has 1 aliphatic heterocycles. The first-order valence-electron chi connectivity index (χ1n) is 8.12. The zero-order chi connectivity index (χ0) is 17.7. The normalized spacial score (nSPS) is 16.8. The predicted molar refractivity (Wildman–Crippen MR) is 101 cm³/mol. The van der Waals surface area contributed by atoms with Gasteiger partial charge in [0.1, 0.15) is 22.3 Å². The van der Waals surface area contributed by atoms with E-state index < -0.39 is 0 Å². The molecule has 0 spiro atoms. The number of para-hydroxylation sites is 1. The minimum atomic E-state index is -0.388. The molecule has 0 saturated carbocycles. The van der Waals surface area contributed by atoms with E-state index in [1.807, 2.05) is 29.2 Å². The lowest BCUT2D eigenvalue weighted by Crippen LogP contribution is -2.40. The summed E-state index contributed by atoms with van der Waals surface area (Å²) in [5.74, 6) is 0.635. The Morgan fingerprint density at radius 1 is 1.38 bits per heavy atom. The first-order valence-corrected chi connectivity index (χ1v) is 9.80. The van der Waals surface area contributed by atoms with E-state index in [0.717, 1.165) is 33.3 Å². The topological polar surface area (TPSA) is 75.0 Å². The van der Waals surface area contributed by atoms with Crippen molar-refractivity contribution in [3.05, 3.63) is 68.8 Å². The van der Waals surface area contributed by atoms with Crippen molar-refractivity contribution in [3.63, 3.8) is 0 Å². The molecule has 4 heterocycles. The van der Waals surface area contributed by atoms with E-state index in [2.05, 4.69) is 30.9 Å². The molecular formula is C18H13BrN4O2S. The number of aromatic amines is 1. The maximum absolute atomic E-state index is 13.1. The van der Waals surface area contributed by atoms with Gasteiger partial charge < -0.3 is 14.3 Å². The zero-order valence-electron chi connectivity index (χ0n) is 13.5. The van der Waals surface area contributed by atoms with Gasteiger partial charge in [-0.15, -0.1) is 11.3 Å². The highest BCUT2D eigenvalue weighted by molar-refractivity contribution is 9.10. The minimum Gasteiger partial charge on any atom is -0.457 e. The molecule has 1 N–H and O–H groups in total. The summed E-state index contributed by atoms with van der Waals surface area (Å²) in [4.78, 5) is 27.3. The van der Waals surface area contributed by atoms with Crippen molar-refractivity contribution >= 4 is 44.1 Å². The molecule has 0 aliphatic carbocycles. The number of carbonyl (C=O) groups excluding carboxylic acids is 1. The van der Waals surface area contributed by atoms with Gasteiger partial charge in [-0.3, -0.25) is 9.78 Å².